The van der Waals surface area contributed by atoms with Gasteiger partial charge in [-0.1, -0.05) is 26.2 Å². The third-order valence-corrected chi connectivity index (χ3v) is 3.97. The first kappa shape index (κ1) is 14.8. The Balaban J connectivity index is 1.79. The van der Waals surface area contributed by atoms with Crippen LogP contribution in [0.15, 0.2) is 0 Å². The molecule has 0 radical (unpaired) electrons. The van der Waals surface area contributed by atoms with Crippen molar-refractivity contribution in [3.63, 3.8) is 0 Å². The fraction of sp³-hybridized carbons (Fsp3) is 0.929. The van der Waals surface area contributed by atoms with Crippen molar-refractivity contribution in [2.24, 2.45) is 5.92 Å². The number of nitrogens with zero attached hydrogens (tertiary/aromatic N) is 1. The van der Waals surface area contributed by atoms with Crippen LogP contribution in [0.3, 0.4) is 0 Å². The molecule has 2 aliphatic rings. The highest BCUT2D eigenvalue weighted by molar-refractivity contribution is 5.46. The van der Waals surface area contributed by atoms with Gasteiger partial charge in [0.25, 0.3) is 0 Å². The van der Waals surface area contributed by atoms with E-state index in [1.165, 1.54) is 19.3 Å². The van der Waals surface area contributed by atoms with Crippen LogP contribution in [0, 0.1) is 5.92 Å². The summed E-state index contributed by atoms with van der Waals surface area (Å²) in [5, 5.41) is 4.83. The summed E-state index contributed by atoms with van der Waals surface area (Å²) in [5.41, 5.74) is 0. The van der Waals surface area contributed by atoms with E-state index in [9.17, 15) is 4.79 Å². The smallest absolute Gasteiger partial charge is 0.208 e. The molecule has 3 atom stereocenters. The molecule has 2 rings (SSSR count). The maximum absolute atomic E-state index is 10.7. The van der Waals surface area contributed by atoms with Gasteiger partial charge >= 0.3 is 0 Å². The van der Waals surface area contributed by atoms with Crippen molar-refractivity contribution < 1.29 is 14.4 Å². The molecule has 0 bridgehead atoms. The zero-order valence-corrected chi connectivity index (χ0v) is 11.8. The minimum Gasteiger partial charge on any atom is -0.381 e. The highest BCUT2D eigenvalue weighted by Crippen LogP contribution is 2.26. The fourth-order valence-corrected chi connectivity index (χ4v) is 2.85. The SMILES string of the molecule is CCCCCC1CC(NC=O)N(CC2CCOC2)O1. The average molecular weight is 270 g/mol. The lowest BCUT2D eigenvalue weighted by Gasteiger charge is -2.24. The highest BCUT2D eigenvalue weighted by Gasteiger charge is 2.34. The van der Waals surface area contributed by atoms with Crippen LogP contribution in [0.5, 0.6) is 0 Å². The van der Waals surface area contributed by atoms with Crippen molar-refractivity contribution in [1.29, 1.82) is 0 Å². The monoisotopic (exact) mass is 270 g/mol. The first-order valence-electron chi connectivity index (χ1n) is 7.54. The van der Waals surface area contributed by atoms with E-state index >= 15 is 0 Å². The first-order chi connectivity index (χ1) is 9.33. The van der Waals surface area contributed by atoms with Gasteiger partial charge in [-0.25, -0.2) is 0 Å². The number of unbranched alkanes of at least 4 members (excludes halogenated alkanes) is 2. The van der Waals surface area contributed by atoms with E-state index in [0.717, 1.165) is 45.4 Å². The van der Waals surface area contributed by atoms with Gasteiger partial charge in [-0.2, -0.15) is 5.06 Å². The van der Waals surface area contributed by atoms with Gasteiger partial charge in [0.15, 0.2) is 0 Å². The average Bonchev–Trinajstić information content (AvgIpc) is 3.02. The van der Waals surface area contributed by atoms with Crippen LogP contribution in [0.2, 0.25) is 0 Å². The van der Waals surface area contributed by atoms with Crippen molar-refractivity contribution in [1.82, 2.24) is 10.4 Å². The maximum atomic E-state index is 10.7. The molecular formula is C14H26N2O3. The van der Waals surface area contributed by atoms with Crippen molar-refractivity contribution in [2.75, 3.05) is 19.8 Å². The molecule has 2 saturated heterocycles. The lowest BCUT2D eigenvalue weighted by Crippen LogP contribution is -2.42. The van der Waals surface area contributed by atoms with Crippen LogP contribution >= 0.6 is 0 Å². The molecule has 1 N–H and O–H groups in total. The Bertz CT molecular complexity index is 269. The van der Waals surface area contributed by atoms with Crippen molar-refractivity contribution in [3.8, 4) is 0 Å². The fourth-order valence-electron chi connectivity index (χ4n) is 2.85. The third-order valence-electron chi connectivity index (χ3n) is 3.97. The molecule has 0 aromatic carbocycles. The van der Waals surface area contributed by atoms with Crippen molar-refractivity contribution in [3.05, 3.63) is 0 Å². The largest absolute Gasteiger partial charge is 0.381 e. The maximum Gasteiger partial charge on any atom is 0.208 e. The molecule has 5 heteroatoms. The summed E-state index contributed by atoms with van der Waals surface area (Å²) in [7, 11) is 0. The van der Waals surface area contributed by atoms with E-state index in [0.29, 0.717) is 5.92 Å². The molecule has 0 saturated carbocycles. The molecule has 0 aromatic rings. The predicted molar refractivity (Wildman–Crippen MR) is 72.3 cm³/mol. The lowest BCUT2D eigenvalue weighted by molar-refractivity contribution is -0.175. The third kappa shape index (κ3) is 4.44. The Hall–Kier alpha value is -0.650. The lowest BCUT2D eigenvalue weighted by atomic mass is 10.1. The first-order valence-corrected chi connectivity index (χ1v) is 7.54. The number of carbonyl (C=O) groups is 1. The van der Waals surface area contributed by atoms with Gasteiger partial charge in [0.1, 0.15) is 6.17 Å². The topological polar surface area (TPSA) is 50.8 Å². The van der Waals surface area contributed by atoms with Crippen LogP contribution in [-0.4, -0.2) is 43.5 Å². The number of hydroxylamine groups is 2. The van der Waals surface area contributed by atoms with Crippen molar-refractivity contribution >= 4 is 6.41 Å². The molecule has 110 valence electrons. The standard InChI is InChI=1S/C14H26N2O3/c1-2-3-4-5-13-8-14(15-11-17)16(19-13)9-12-6-7-18-10-12/h11-14H,2-10H2,1H3,(H,15,17). The zero-order chi connectivity index (χ0) is 13.5. The Morgan fingerprint density at radius 3 is 3.00 bits per heavy atom. The Morgan fingerprint density at radius 1 is 1.42 bits per heavy atom. The normalized spacial score (nSPS) is 31.7. The summed E-state index contributed by atoms with van der Waals surface area (Å²) in [6.07, 6.45) is 7.83. The Kier molecular flexibility index (Phi) is 6.07. The number of amides is 1. The summed E-state index contributed by atoms with van der Waals surface area (Å²) >= 11 is 0. The predicted octanol–water partition coefficient (Wildman–Crippen LogP) is 1.68. The zero-order valence-electron chi connectivity index (χ0n) is 11.8. The molecule has 0 aliphatic carbocycles. The van der Waals surface area contributed by atoms with Gasteiger partial charge < -0.3 is 10.1 Å². The second-order valence-corrected chi connectivity index (χ2v) is 5.59. The number of ether oxygens (including phenoxy) is 1. The number of hydrogen-bond donors (Lipinski definition) is 1. The molecule has 2 fully saturated rings. The molecule has 0 aromatic heterocycles. The molecule has 3 unspecified atom stereocenters. The van der Waals surface area contributed by atoms with Gasteiger partial charge in [-0.05, 0) is 18.8 Å². The highest BCUT2D eigenvalue weighted by atomic mass is 16.7. The van der Waals surface area contributed by atoms with Crippen LogP contribution in [0.1, 0.15) is 45.4 Å². The molecule has 0 spiro atoms. The second-order valence-electron chi connectivity index (χ2n) is 5.59. The van der Waals surface area contributed by atoms with Crippen LogP contribution in [-0.2, 0) is 14.4 Å². The number of rotatable bonds is 8. The van der Waals surface area contributed by atoms with E-state index < -0.39 is 0 Å². The summed E-state index contributed by atoms with van der Waals surface area (Å²) in [6, 6.07) is 0. The van der Waals surface area contributed by atoms with Gasteiger partial charge in [0.2, 0.25) is 6.41 Å². The van der Waals surface area contributed by atoms with E-state index in [1.807, 2.05) is 5.06 Å². The van der Waals surface area contributed by atoms with Crippen LogP contribution in [0.25, 0.3) is 0 Å². The van der Waals surface area contributed by atoms with Crippen molar-refractivity contribution in [2.45, 2.75) is 57.7 Å². The Labute approximate surface area is 115 Å². The molecule has 5 nitrogen and oxygen atoms in total. The molecule has 2 heterocycles. The van der Waals surface area contributed by atoms with E-state index in [-0.39, 0.29) is 12.3 Å². The summed E-state index contributed by atoms with van der Waals surface area (Å²) in [5.74, 6) is 0.533. The minimum absolute atomic E-state index is 0.0322. The molecule has 19 heavy (non-hydrogen) atoms. The summed E-state index contributed by atoms with van der Waals surface area (Å²) in [6.45, 7) is 4.73. The number of hydrogen-bond acceptors (Lipinski definition) is 4. The van der Waals surface area contributed by atoms with Crippen LogP contribution < -0.4 is 5.32 Å². The summed E-state index contributed by atoms with van der Waals surface area (Å²) in [4.78, 5) is 16.7. The van der Waals surface area contributed by atoms with E-state index in [2.05, 4.69) is 12.2 Å². The van der Waals surface area contributed by atoms with Gasteiger partial charge in [-0.3, -0.25) is 9.63 Å². The second kappa shape index (κ2) is 7.82. The van der Waals surface area contributed by atoms with E-state index in [1.54, 1.807) is 0 Å². The Morgan fingerprint density at radius 2 is 2.32 bits per heavy atom. The minimum atomic E-state index is 0.0322. The van der Waals surface area contributed by atoms with Gasteiger partial charge in [0.05, 0.1) is 12.7 Å². The van der Waals surface area contributed by atoms with E-state index in [4.69, 9.17) is 9.57 Å². The van der Waals surface area contributed by atoms with Gasteiger partial charge in [0, 0.05) is 19.6 Å². The quantitative estimate of drug-likeness (QED) is 0.538. The molecule has 1 amide bonds. The number of carbonyl (C=O) groups excluding carboxylic acids is 1. The van der Waals surface area contributed by atoms with Gasteiger partial charge in [-0.15, -0.1) is 0 Å². The summed E-state index contributed by atoms with van der Waals surface area (Å²) < 4.78 is 5.40. The number of nitrogens with one attached hydrogen (secondary N) is 1. The van der Waals surface area contributed by atoms with Crippen LogP contribution in [0.4, 0.5) is 0 Å². The molecular weight excluding hydrogens is 244 g/mol. The molecule has 2 aliphatic heterocycles.